The van der Waals surface area contributed by atoms with Gasteiger partial charge in [0.2, 0.25) is 0 Å². The van der Waals surface area contributed by atoms with Crippen molar-refractivity contribution in [2.45, 2.75) is 19.1 Å². The molecule has 1 heterocycles. The van der Waals surface area contributed by atoms with Crippen LogP contribution in [0.5, 0.6) is 0 Å². The number of nitrogens with zero attached hydrogens (tertiary/aromatic N) is 1. The molecule has 0 aromatic heterocycles. The number of benzene rings is 1. The summed E-state index contributed by atoms with van der Waals surface area (Å²) in [7, 11) is 0. The van der Waals surface area contributed by atoms with Crippen molar-refractivity contribution in [3.63, 3.8) is 0 Å². The van der Waals surface area contributed by atoms with Crippen LogP contribution in [0.2, 0.25) is 5.02 Å². The van der Waals surface area contributed by atoms with Gasteiger partial charge in [-0.15, -0.1) is 0 Å². The molecule has 1 aromatic carbocycles. The van der Waals surface area contributed by atoms with E-state index in [4.69, 9.17) is 11.6 Å². The van der Waals surface area contributed by atoms with Crippen molar-refractivity contribution in [3.8, 4) is 0 Å². The summed E-state index contributed by atoms with van der Waals surface area (Å²) in [6.07, 6.45) is 0.572. The Morgan fingerprint density at radius 1 is 1.53 bits per heavy atom. The second-order valence-electron chi connectivity index (χ2n) is 3.91. The maximum Gasteiger partial charge on any atom is 0.124 e. The first-order valence-electron chi connectivity index (χ1n) is 4.99. The highest BCUT2D eigenvalue weighted by Crippen LogP contribution is 2.21. The van der Waals surface area contributed by atoms with Gasteiger partial charge in [-0.3, -0.25) is 4.90 Å². The molecule has 0 radical (unpaired) electrons. The molecule has 1 aliphatic rings. The van der Waals surface area contributed by atoms with E-state index in [1.165, 1.54) is 12.1 Å². The van der Waals surface area contributed by atoms with Gasteiger partial charge in [-0.2, -0.15) is 0 Å². The number of aliphatic hydroxyl groups is 1. The second-order valence-corrected chi connectivity index (χ2v) is 4.32. The lowest BCUT2D eigenvalue weighted by Crippen LogP contribution is -2.21. The number of likely N-dealkylation sites (tertiary alicyclic amines) is 1. The lowest BCUT2D eigenvalue weighted by Gasteiger charge is -2.15. The molecule has 82 valence electrons. The SMILES string of the molecule is O[C@@H]1CCN(Cc2ccc(F)cc2Cl)C1. The van der Waals surface area contributed by atoms with Gasteiger partial charge in [-0.25, -0.2) is 4.39 Å². The summed E-state index contributed by atoms with van der Waals surface area (Å²) >= 11 is 5.92. The van der Waals surface area contributed by atoms with E-state index in [0.29, 0.717) is 18.1 Å². The predicted octanol–water partition coefficient (Wildman–Crippen LogP) is 2.05. The third kappa shape index (κ3) is 2.68. The third-order valence-electron chi connectivity index (χ3n) is 2.66. The summed E-state index contributed by atoms with van der Waals surface area (Å²) in [5.74, 6) is -0.315. The zero-order valence-electron chi connectivity index (χ0n) is 8.29. The summed E-state index contributed by atoms with van der Waals surface area (Å²) in [5, 5.41) is 9.81. The van der Waals surface area contributed by atoms with E-state index >= 15 is 0 Å². The van der Waals surface area contributed by atoms with E-state index in [9.17, 15) is 9.50 Å². The molecule has 15 heavy (non-hydrogen) atoms. The van der Waals surface area contributed by atoms with Crippen LogP contribution >= 0.6 is 11.6 Å². The van der Waals surface area contributed by atoms with E-state index in [2.05, 4.69) is 4.90 Å². The molecule has 0 spiro atoms. The summed E-state index contributed by atoms with van der Waals surface area (Å²) in [4.78, 5) is 2.11. The maximum absolute atomic E-state index is 12.8. The maximum atomic E-state index is 12.8. The number of β-amino-alcohol motifs (C(OH)–C–C–N with tert-alkyl or cyclic N) is 1. The Labute approximate surface area is 93.3 Å². The van der Waals surface area contributed by atoms with Crippen molar-refractivity contribution in [1.29, 1.82) is 0 Å². The van der Waals surface area contributed by atoms with Crippen LogP contribution in [-0.2, 0) is 6.54 Å². The Bertz CT molecular complexity index is 358. The molecule has 0 amide bonds. The van der Waals surface area contributed by atoms with Crippen molar-refractivity contribution >= 4 is 11.6 Å². The molecule has 1 aliphatic heterocycles. The first-order chi connectivity index (χ1) is 7.15. The van der Waals surface area contributed by atoms with Crippen LogP contribution in [0.1, 0.15) is 12.0 Å². The van der Waals surface area contributed by atoms with E-state index < -0.39 is 0 Å². The molecule has 1 N–H and O–H groups in total. The molecule has 1 saturated heterocycles. The first kappa shape index (κ1) is 10.9. The minimum Gasteiger partial charge on any atom is -0.392 e. The van der Waals surface area contributed by atoms with Crippen LogP contribution in [0.25, 0.3) is 0 Å². The minimum absolute atomic E-state index is 0.232. The third-order valence-corrected chi connectivity index (χ3v) is 3.01. The van der Waals surface area contributed by atoms with Gasteiger partial charge in [0.25, 0.3) is 0 Å². The number of rotatable bonds is 2. The highest BCUT2D eigenvalue weighted by molar-refractivity contribution is 6.31. The van der Waals surface area contributed by atoms with Gasteiger partial charge < -0.3 is 5.11 Å². The number of halogens is 2. The molecule has 0 aliphatic carbocycles. The highest BCUT2D eigenvalue weighted by atomic mass is 35.5. The number of aliphatic hydroxyl groups excluding tert-OH is 1. The molecular formula is C11H13ClFNO. The molecule has 1 aromatic rings. The molecule has 0 bridgehead atoms. The molecule has 4 heteroatoms. The first-order valence-corrected chi connectivity index (χ1v) is 5.37. The summed E-state index contributed by atoms with van der Waals surface area (Å²) in [6.45, 7) is 2.22. The lowest BCUT2D eigenvalue weighted by molar-refractivity contribution is 0.175. The van der Waals surface area contributed by atoms with Gasteiger partial charge in [0, 0.05) is 24.7 Å². The van der Waals surface area contributed by atoms with Gasteiger partial charge in [0.1, 0.15) is 5.82 Å². The van der Waals surface area contributed by atoms with Crippen molar-refractivity contribution < 1.29 is 9.50 Å². The van der Waals surface area contributed by atoms with Crippen molar-refractivity contribution in [3.05, 3.63) is 34.6 Å². The van der Waals surface area contributed by atoms with E-state index in [-0.39, 0.29) is 11.9 Å². The van der Waals surface area contributed by atoms with Crippen molar-refractivity contribution in [1.82, 2.24) is 4.90 Å². The Kier molecular flexibility index (Phi) is 3.24. The van der Waals surface area contributed by atoms with Crippen molar-refractivity contribution in [2.75, 3.05) is 13.1 Å². The van der Waals surface area contributed by atoms with Crippen LogP contribution < -0.4 is 0 Å². The van der Waals surface area contributed by atoms with E-state index in [1.807, 2.05) is 0 Å². The second kappa shape index (κ2) is 4.47. The minimum atomic E-state index is -0.315. The highest BCUT2D eigenvalue weighted by Gasteiger charge is 2.20. The van der Waals surface area contributed by atoms with Crippen LogP contribution in [-0.4, -0.2) is 29.2 Å². The number of hydrogen-bond acceptors (Lipinski definition) is 2. The predicted molar refractivity (Wildman–Crippen MR) is 57.3 cm³/mol. The smallest absolute Gasteiger partial charge is 0.124 e. The Hall–Kier alpha value is -0.640. The molecular weight excluding hydrogens is 217 g/mol. The fraction of sp³-hybridized carbons (Fsp3) is 0.455. The topological polar surface area (TPSA) is 23.5 Å². The van der Waals surface area contributed by atoms with Gasteiger partial charge in [-0.1, -0.05) is 17.7 Å². The normalized spacial score (nSPS) is 22.2. The summed E-state index contributed by atoms with van der Waals surface area (Å²) in [5.41, 5.74) is 0.909. The zero-order chi connectivity index (χ0) is 10.8. The average molecular weight is 230 g/mol. The molecule has 2 nitrogen and oxygen atoms in total. The number of hydrogen-bond donors (Lipinski definition) is 1. The van der Waals surface area contributed by atoms with Gasteiger partial charge in [0.05, 0.1) is 6.10 Å². The van der Waals surface area contributed by atoms with Crippen molar-refractivity contribution in [2.24, 2.45) is 0 Å². The molecule has 2 rings (SSSR count). The van der Waals surface area contributed by atoms with E-state index in [1.54, 1.807) is 6.07 Å². The van der Waals surface area contributed by atoms with Gasteiger partial charge in [-0.05, 0) is 24.1 Å². The molecule has 1 atom stereocenters. The Morgan fingerprint density at radius 3 is 2.93 bits per heavy atom. The standard InChI is InChI=1S/C11H13ClFNO/c12-11-5-9(13)2-1-8(11)6-14-4-3-10(15)7-14/h1-2,5,10,15H,3-4,6-7H2/t10-/m1/s1. The van der Waals surface area contributed by atoms with Crippen LogP contribution in [0.15, 0.2) is 18.2 Å². The fourth-order valence-corrected chi connectivity index (χ4v) is 2.07. The fourth-order valence-electron chi connectivity index (χ4n) is 1.85. The molecule has 0 saturated carbocycles. The van der Waals surface area contributed by atoms with Crippen LogP contribution in [0.3, 0.4) is 0 Å². The van der Waals surface area contributed by atoms with E-state index in [0.717, 1.165) is 18.5 Å². The lowest BCUT2D eigenvalue weighted by atomic mass is 10.2. The Morgan fingerprint density at radius 2 is 2.33 bits per heavy atom. The monoisotopic (exact) mass is 229 g/mol. The molecule has 1 fully saturated rings. The summed E-state index contributed by atoms with van der Waals surface area (Å²) in [6, 6.07) is 4.43. The van der Waals surface area contributed by atoms with Crippen LogP contribution in [0.4, 0.5) is 4.39 Å². The average Bonchev–Trinajstić information content (AvgIpc) is 2.56. The summed E-state index contributed by atoms with van der Waals surface area (Å²) < 4.78 is 12.8. The largest absolute Gasteiger partial charge is 0.392 e. The Balaban J connectivity index is 2.04. The van der Waals surface area contributed by atoms with Gasteiger partial charge >= 0.3 is 0 Å². The molecule has 0 unspecified atom stereocenters. The quantitative estimate of drug-likeness (QED) is 0.839. The van der Waals surface area contributed by atoms with Gasteiger partial charge in [0.15, 0.2) is 0 Å². The van der Waals surface area contributed by atoms with Crippen LogP contribution in [0, 0.1) is 5.82 Å². The zero-order valence-corrected chi connectivity index (χ0v) is 9.04.